The summed E-state index contributed by atoms with van der Waals surface area (Å²) in [4.78, 5) is 23.7. The van der Waals surface area contributed by atoms with E-state index in [1.54, 1.807) is 48.5 Å². The molecule has 0 saturated carbocycles. The molecular weight excluding hydrogens is 437 g/mol. The van der Waals surface area contributed by atoms with Crippen molar-refractivity contribution in [1.82, 2.24) is 0 Å². The number of amides is 1. The summed E-state index contributed by atoms with van der Waals surface area (Å²) in [6.07, 6.45) is 2.99. The lowest BCUT2D eigenvalue weighted by molar-refractivity contribution is 0.1000. The summed E-state index contributed by atoms with van der Waals surface area (Å²) >= 11 is 12.4. The first-order valence-electron chi connectivity index (χ1n) is 9.24. The van der Waals surface area contributed by atoms with Crippen molar-refractivity contribution in [2.45, 2.75) is 6.61 Å². The summed E-state index contributed by atoms with van der Waals surface area (Å²) < 4.78 is 11.2. The average molecular weight is 456 g/mol. The Labute approximate surface area is 190 Å². The number of hydrogen-bond donors (Lipinski definition) is 1. The second-order valence-corrected chi connectivity index (χ2v) is 7.44. The highest BCUT2D eigenvalue weighted by Gasteiger charge is 2.12. The number of ether oxygens (including phenoxy) is 2. The van der Waals surface area contributed by atoms with Crippen LogP contribution in [0.5, 0.6) is 11.5 Å². The van der Waals surface area contributed by atoms with E-state index in [1.807, 2.05) is 12.1 Å². The van der Waals surface area contributed by atoms with E-state index in [0.717, 1.165) is 5.56 Å². The van der Waals surface area contributed by atoms with Crippen molar-refractivity contribution in [3.8, 4) is 11.5 Å². The van der Waals surface area contributed by atoms with Crippen molar-refractivity contribution in [2.75, 3.05) is 7.11 Å². The summed E-state index contributed by atoms with van der Waals surface area (Å²) in [5.41, 5.74) is 7.42. The van der Waals surface area contributed by atoms with Crippen LogP contribution in [-0.2, 0) is 6.61 Å². The Morgan fingerprint density at radius 2 is 1.74 bits per heavy atom. The van der Waals surface area contributed by atoms with E-state index in [9.17, 15) is 9.59 Å². The fraction of sp³-hybridized carbons (Fsp3) is 0.0833. The molecule has 0 bridgehead atoms. The van der Waals surface area contributed by atoms with Crippen LogP contribution in [0.25, 0.3) is 6.08 Å². The van der Waals surface area contributed by atoms with Crippen molar-refractivity contribution >= 4 is 41.0 Å². The Hall–Kier alpha value is -3.28. The van der Waals surface area contributed by atoms with E-state index in [-0.39, 0.29) is 18.0 Å². The lowest BCUT2D eigenvalue weighted by Crippen LogP contribution is -2.11. The smallest absolute Gasteiger partial charge is 0.248 e. The zero-order valence-electron chi connectivity index (χ0n) is 16.6. The van der Waals surface area contributed by atoms with Gasteiger partial charge in [0.15, 0.2) is 17.3 Å². The molecule has 0 radical (unpaired) electrons. The maximum Gasteiger partial charge on any atom is 0.248 e. The van der Waals surface area contributed by atoms with Crippen molar-refractivity contribution in [3.05, 3.63) is 99.0 Å². The van der Waals surface area contributed by atoms with Crippen molar-refractivity contribution in [1.29, 1.82) is 0 Å². The largest absolute Gasteiger partial charge is 0.493 e. The topological polar surface area (TPSA) is 78.6 Å². The fourth-order valence-corrected chi connectivity index (χ4v) is 3.34. The molecule has 5 nitrogen and oxygen atoms in total. The molecule has 0 aliphatic rings. The molecule has 0 aliphatic heterocycles. The van der Waals surface area contributed by atoms with E-state index in [0.29, 0.717) is 32.7 Å². The SMILES string of the molecule is COc1cc(C=CC(=O)c2cccc(C(N)=O)c2)cc(Cl)c1OCc1cccc(Cl)c1. The molecule has 31 heavy (non-hydrogen) atoms. The van der Waals surface area contributed by atoms with Crippen LogP contribution in [0.1, 0.15) is 31.8 Å². The van der Waals surface area contributed by atoms with Crippen LogP contribution in [0.2, 0.25) is 10.0 Å². The van der Waals surface area contributed by atoms with Gasteiger partial charge in [0.2, 0.25) is 5.91 Å². The van der Waals surface area contributed by atoms with Crippen LogP contribution in [0.3, 0.4) is 0 Å². The monoisotopic (exact) mass is 455 g/mol. The fourth-order valence-electron chi connectivity index (χ4n) is 2.85. The van der Waals surface area contributed by atoms with Gasteiger partial charge in [-0.2, -0.15) is 0 Å². The third kappa shape index (κ3) is 5.87. The van der Waals surface area contributed by atoms with E-state index >= 15 is 0 Å². The molecule has 1 amide bonds. The van der Waals surface area contributed by atoms with Gasteiger partial charge >= 0.3 is 0 Å². The molecule has 0 spiro atoms. The van der Waals surface area contributed by atoms with Gasteiger partial charge in [0.25, 0.3) is 0 Å². The normalized spacial score (nSPS) is 10.8. The number of nitrogens with two attached hydrogens (primary N) is 1. The zero-order valence-corrected chi connectivity index (χ0v) is 18.1. The highest BCUT2D eigenvalue weighted by molar-refractivity contribution is 6.32. The lowest BCUT2D eigenvalue weighted by Gasteiger charge is -2.13. The molecule has 7 heteroatoms. The Balaban J connectivity index is 1.78. The van der Waals surface area contributed by atoms with Gasteiger partial charge in [-0.3, -0.25) is 9.59 Å². The van der Waals surface area contributed by atoms with Crippen LogP contribution < -0.4 is 15.2 Å². The third-order valence-corrected chi connectivity index (χ3v) is 4.90. The Bertz CT molecular complexity index is 1160. The van der Waals surface area contributed by atoms with Gasteiger partial charge in [-0.25, -0.2) is 0 Å². The Morgan fingerprint density at radius 3 is 2.45 bits per heavy atom. The summed E-state index contributed by atoms with van der Waals surface area (Å²) in [5.74, 6) is -0.0536. The minimum absolute atomic E-state index is 0.264. The van der Waals surface area contributed by atoms with Gasteiger partial charge in [-0.05, 0) is 53.6 Å². The first kappa shape index (κ1) is 22.4. The van der Waals surface area contributed by atoms with Crippen molar-refractivity contribution in [3.63, 3.8) is 0 Å². The van der Waals surface area contributed by atoms with Gasteiger partial charge < -0.3 is 15.2 Å². The molecule has 3 aromatic carbocycles. The molecule has 0 atom stereocenters. The van der Waals surface area contributed by atoms with Gasteiger partial charge in [0, 0.05) is 16.1 Å². The number of carbonyl (C=O) groups is 2. The summed E-state index contributed by atoms with van der Waals surface area (Å²) in [6, 6.07) is 16.9. The van der Waals surface area contributed by atoms with E-state index in [1.165, 1.54) is 19.3 Å². The highest BCUT2D eigenvalue weighted by atomic mass is 35.5. The van der Waals surface area contributed by atoms with E-state index in [2.05, 4.69) is 0 Å². The number of carbonyl (C=O) groups excluding carboxylic acids is 2. The molecule has 0 unspecified atom stereocenters. The second kappa shape index (κ2) is 10.2. The number of benzene rings is 3. The number of allylic oxidation sites excluding steroid dienone is 1. The molecule has 3 rings (SSSR count). The first-order valence-corrected chi connectivity index (χ1v) is 10.00. The zero-order chi connectivity index (χ0) is 22.4. The number of halogens is 2. The summed E-state index contributed by atoms with van der Waals surface area (Å²) in [6.45, 7) is 0.264. The van der Waals surface area contributed by atoms with Crippen LogP contribution in [0, 0.1) is 0 Å². The summed E-state index contributed by atoms with van der Waals surface area (Å²) in [5, 5.41) is 0.954. The Morgan fingerprint density at radius 1 is 1.00 bits per heavy atom. The van der Waals surface area contributed by atoms with Crippen molar-refractivity contribution in [2.24, 2.45) is 5.73 Å². The van der Waals surface area contributed by atoms with E-state index < -0.39 is 5.91 Å². The molecule has 0 aromatic heterocycles. The number of primary amides is 1. The minimum atomic E-state index is -0.594. The van der Waals surface area contributed by atoms with Gasteiger partial charge in [-0.1, -0.05) is 53.5 Å². The van der Waals surface area contributed by atoms with Crippen LogP contribution in [-0.4, -0.2) is 18.8 Å². The molecule has 0 heterocycles. The first-order chi connectivity index (χ1) is 14.9. The van der Waals surface area contributed by atoms with Crippen LogP contribution >= 0.6 is 23.2 Å². The van der Waals surface area contributed by atoms with Gasteiger partial charge in [-0.15, -0.1) is 0 Å². The second-order valence-electron chi connectivity index (χ2n) is 6.60. The number of rotatable bonds is 8. The van der Waals surface area contributed by atoms with Crippen LogP contribution in [0.15, 0.2) is 66.7 Å². The Kier molecular flexibility index (Phi) is 7.34. The standard InChI is InChI=1S/C24H19Cl2NO4/c1-30-22-12-15(8-9-21(28)17-5-3-6-18(13-17)24(27)29)11-20(26)23(22)31-14-16-4-2-7-19(25)10-16/h2-13H,14H2,1H3,(H2,27,29). The molecule has 2 N–H and O–H groups in total. The number of methoxy groups -OCH3 is 1. The van der Waals surface area contributed by atoms with Gasteiger partial charge in [0.1, 0.15) is 6.61 Å². The maximum atomic E-state index is 12.4. The maximum absolute atomic E-state index is 12.4. The number of ketones is 1. The average Bonchev–Trinajstić information content (AvgIpc) is 2.76. The predicted octanol–water partition coefficient (Wildman–Crippen LogP) is 5.58. The molecule has 0 aliphatic carbocycles. The quantitative estimate of drug-likeness (QED) is 0.355. The summed E-state index contributed by atoms with van der Waals surface area (Å²) in [7, 11) is 1.51. The lowest BCUT2D eigenvalue weighted by atomic mass is 10.1. The van der Waals surface area contributed by atoms with Gasteiger partial charge in [0.05, 0.1) is 12.1 Å². The molecular formula is C24H19Cl2NO4. The van der Waals surface area contributed by atoms with Crippen LogP contribution in [0.4, 0.5) is 0 Å². The highest BCUT2D eigenvalue weighted by Crippen LogP contribution is 2.37. The van der Waals surface area contributed by atoms with Crippen molar-refractivity contribution < 1.29 is 19.1 Å². The van der Waals surface area contributed by atoms with E-state index in [4.69, 9.17) is 38.4 Å². The third-order valence-electron chi connectivity index (χ3n) is 4.38. The predicted molar refractivity (Wildman–Crippen MR) is 122 cm³/mol. The molecule has 3 aromatic rings. The molecule has 158 valence electrons. The number of hydrogen-bond acceptors (Lipinski definition) is 4. The minimum Gasteiger partial charge on any atom is -0.493 e. The molecule has 0 fully saturated rings. The molecule has 0 saturated heterocycles.